The molecule has 0 saturated heterocycles. The highest BCUT2D eigenvalue weighted by Crippen LogP contribution is 2.65. The van der Waals surface area contributed by atoms with Crippen LogP contribution in [0.15, 0.2) is 12.2 Å². The number of alkyl halides is 12. The van der Waals surface area contributed by atoms with Gasteiger partial charge in [-0.05, 0) is 0 Å². The van der Waals surface area contributed by atoms with Crippen LogP contribution in [0.1, 0.15) is 0 Å². The average Bonchev–Trinajstić information content (AvgIpc) is 2.43. The summed E-state index contributed by atoms with van der Waals surface area (Å²) >= 11 is 0. The molecule has 0 fully saturated rings. The molecule has 0 aliphatic rings. The molecule has 0 bridgehead atoms. The second-order valence-electron chi connectivity index (χ2n) is 4.86. The first-order chi connectivity index (χ1) is 11.7. The molecule has 0 aromatic rings. The maximum absolute atomic E-state index is 14.3. The Hall–Kier alpha value is -2.16. The summed E-state index contributed by atoms with van der Waals surface area (Å²) in [6.07, 6.45) is -26.9. The van der Waals surface area contributed by atoms with Gasteiger partial charge in [-0.1, -0.05) is 6.58 Å². The summed E-state index contributed by atoms with van der Waals surface area (Å²) in [7, 11) is 0. The van der Waals surface area contributed by atoms with Crippen molar-refractivity contribution in [2.75, 3.05) is 0 Å². The molecular formula is C11H6F12O4. The van der Waals surface area contributed by atoms with Crippen LogP contribution in [0.5, 0.6) is 0 Å². The third kappa shape index (κ3) is 2.97. The van der Waals surface area contributed by atoms with E-state index in [1.807, 2.05) is 0 Å². The Morgan fingerprint density at radius 3 is 1.07 bits per heavy atom. The molecule has 0 radical (unpaired) electrons. The van der Waals surface area contributed by atoms with Crippen LogP contribution in [0.2, 0.25) is 0 Å². The van der Waals surface area contributed by atoms with Crippen molar-refractivity contribution in [1.82, 2.24) is 0 Å². The highest BCUT2D eigenvalue weighted by Gasteiger charge is 2.92. The molecule has 0 spiro atoms. The van der Waals surface area contributed by atoms with Crippen molar-refractivity contribution in [3.8, 4) is 0 Å². The summed E-state index contributed by atoms with van der Waals surface area (Å²) in [6, 6.07) is 0. The number of rotatable bonds is 7. The minimum absolute atomic E-state index is 1.74. The monoisotopic (exact) mass is 430 g/mol. The Balaban J connectivity index is 7.94. The fourth-order valence-electron chi connectivity index (χ4n) is 2.30. The van der Waals surface area contributed by atoms with Crippen LogP contribution in [0, 0.1) is 5.41 Å². The lowest BCUT2D eigenvalue weighted by Crippen LogP contribution is -2.77. The Morgan fingerprint density at radius 2 is 0.963 bits per heavy atom. The SMILES string of the molecule is C=C(C(=O)O)C(C(=O)O)(C(F)(C(F)F)C(F)(F)F)C(F)(C(F)F)C(F)(F)F. The minimum atomic E-state index is -7.48. The number of carbonyl (C=O) groups is 2. The topological polar surface area (TPSA) is 74.6 Å². The average molecular weight is 430 g/mol. The van der Waals surface area contributed by atoms with Gasteiger partial charge in [-0.25, -0.2) is 31.1 Å². The van der Waals surface area contributed by atoms with Gasteiger partial charge in [0, 0.05) is 0 Å². The fraction of sp³-hybridized carbons (Fsp3) is 0.636. The molecular weight excluding hydrogens is 424 g/mol. The lowest BCUT2D eigenvalue weighted by Gasteiger charge is -2.49. The van der Waals surface area contributed by atoms with Crippen LogP contribution in [0.25, 0.3) is 0 Å². The standard InChI is InChI=1S/C11H6F12O4/c1-2(3(24)25)7(6(26)27,8(16,4(12)13)10(18,19)20)9(17,5(14)15)11(21,22)23/h4-5H,1H2,(H,24,25)(H,26,27). The number of hydrogen-bond donors (Lipinski definition) is 2. The third-order valence-corrected chi connectivity index (χ3v) is 3.55. The van der Waals surface area contributed by atoms with Gasteiger partial charge in [-0.2, -0.15) is 26.3 Å². The van der Waals surface area contributed by atoms with Gasteiger partial charge in [0.25, 0.3) is 24.2 Å². The summed E-state index contributed by atoms with van der Waals surface area (Å²) in [4.78, 5) is 21.8. The highest BCUT2D eigenvalue weighted by atomic mass is 19.4. The van der Waals surface area contributed by atoms with Crippen molar-refractivity contribution in [3.63, 3.8) is 0 Å². The molecule has 0 rings (SSSR count). The third-order valence-electron chi connectivity index (χ3n) is 3.55. The van der Waals surface area contributed by atoms with Gasteiger partial charge in [0.05, 0.1) is 5.57 Å². The van der Waals surface area contributed by atoms with Crippen molar-refractivity contribution >= 4 is 11.9 Å². The number of aliphatic carboxylic acids is 2. The maximum Gasteiger partial charge on any atom is 0.429 e. The van der Waals surface area contributed by atoms with Gasteiger partial charge in [0.15, 0.2) is 5.41 Å². The Kier molecular flexibility index (Phi) is 6.23. The van der Waals surface area contributed by atoms with Crippen LogP contribution < -0.4 is 0 Å². The Bertz CT molecular complexity index is 592. The van der Waals surface area contributed by atoms with Crippen LogP contribution in [-0.2, 0) is 9.59 Å². The van der Waals surface area contributed by atoms with E-state index in [4.69, 9.17) is 10.2 Å². The molecule has 0 aliphatic carbocycles. The summed E-state index contributed by atoms with van der Waals surface area (Å²) in [5.74, 6) is -7.65. The first-order valence-electron chi connectivity index (χ1n) is 5.92. The molecule has 0 amide bonds. The normalized spacial score (nSPS) is 19.9. The molecule has 2 atom stereocenters. The molecule has 16 heteroatoms. The molecule has 158 valence electrons. The summed E-state index contributed by atoms with van der Waals surface area (Å²) in [6.45, 7) is 1.74. The predicted molar refractivity (Wildman–Crippen MR) is 58.6 cm³/mol. The van der Waals surface area contributed by atoms with Gasteiger partial charge in [-0.15, -0.1) is 0 Å². The summed E-state index contributed by atoms with van der Waals surface area (Å²) in [5, 5.41) is 17.1. The number of carboxylic acid groups (broad SMARTS) is 2. The quantitative estimate of drug-likeness (QED) is 0.477. The lowest BCUT2D eigenvalue weighted by molar-refractivity contribution is -0.366. The van der Waals surface area contributed by atoms with E-state index in [1.54, 1.807) is 6.58 Å². The van der Waals surface area contributed by atoms with Crippen molar-refractivity contribution in [3.05, 3.63) is 12.2 Å². The molecule has 0 saturated carbocycles. The van der Waals surface area contributed by atoms with E-state index in [-0.39, 0.29) is 0 Å². The van der Waals surface area contributed by atoms with Crippen LogP contribution in [0.3, 0.4) is 0 Å². The lowest BCUT2D eigenvalue weighted by atomic mass is 9.58. The van der Waals surface area contributed by atoms with Gasteiger partial charge < -0.3 is 10.2 Å². The fourth-order valence-corrected chi connectivity index (χ4v) is 2.30. The molecule has 0 aliphatic heterocycles. The van der Waals surface area contributed by atoms with Crippen LogP contribution in [-0.4, -0.2) is 58.7 Å². The molecule has 0 aromatic carbocycles. The van der Waals surface area contributed by atoms with E-state index in [2.05, 4.69) is 0 Å². The minimum Gasteiger partial charge on any atom is -0.480 e. The van der Waals surface area contributed by atoms with Crippen molar-refractivity contribution in [2.24, 2.45) is 5.41 Å². The van der Waals surface area contributed by atoms with E-state index in [0.29, 0.717) is 0 Å². The van der Waals surface area contributed by atoms with Gasteiger partial charge >= 0.3 is 24.3 Å². The first kappa shape index (κ1) is 24.8. The maximum atomic E-state index is 14.3. The largest absolute Gasteiger partial charge is 0.480 e. The van der Waals surface area contributed by atoms with E-state index in [0.717, 1.165) is 0 Å². The molecule has 0 aromatic heterocycles. The zero-order valence-electron chi connectivity index (χ0n) is 12.1. The Morgan fingerprint density at radius 1 is 0.704 bits per heavy atom. The summed E-state index contributed by atoms with van der Waals surface area (Å²) in [5.41, 5.74) is -24.7. The van der Waals surface area contributed by atoms with Gasteiger partial charge in [0.2, 0.25) is 0 Å². The molecule has 2 unspecified atom stereocenters. The molecule has 0 heterocycles. The van der Waals surface area contributed by atoms with E-state index in [1.165, 1.54) is 0 Å². The van der Waals surface area contributed by atoms with E-state index >= 15 is 0 Å². The first-order valence-corrected chi connectivity index (χ1v) is 5.92. The van der Waals surface area contributed by atoms with Gasteiger partial charge in [-0.3, -0.25) is 4.79 Å². The zero-order chi connectivity index (χ0) is 22.4. The van der Waals surface area contributed by atoms with Crippen molar-refractivity contribution < 1.29 is 72.5 Å². The van der Waals surface area contributed by atoms with Crippen molar-refractivity contribution in [1.29, 1.82) is 0 Å². The van der Waals surface area contributed by atoms with E-state index < -0.39 is 59.5 Å². The summed E-state index contributed by atoms with van der Waals surface area (Å²) < 4.78 is 157. The number of halogens is 12. The van der Waals surface area contributed by atoms with Gasteiger partial charge in [0.1, 0.15) is 0 Å². The number of hydrogen-bond acceptors (Lipinski definition) is 2. The van der Waals surface area contributed by atoms with E-state index in [9.17, 15) is 62.3 Å². The van der Waals surface area contributed by atoms with Crippen molar-refractivity contribution in [2.45, 2.75) is 36.5 Å². The molecule has 27 heavy (non-hydrogen) atoms. The Labute approximate surface area is 140 Å². The second-order valence-corrected chi connectivity index (χ2v) is 4.86. The predicted octanol–water partition coefficient (Wildman–Crippen LogP) is 3.77. The highest BCUT2D eigenvalue weighted by molar-refractivity contribution is 5.98. The van der Waals surface area contributed by atoms with Crippen LogP contribution >= 0.6 is 0 Å². The molecule has 2 N–H and O–H groups in total. The second kappa shape index (κ2) is 6.78. The smallest absolute Gasteiger partial charge is 0.429 e. The molecule has 4 nitrogen and oxygen atoms in total. The van der Waals surface area contributed by atoms with Crippen LogP contribution in [0.4, 0.5) is 52.7 Å². The zero-order valence-corrected chi connectivity index (χ0v) is 12.1. The number of carboxylic acids is 2.